The average Bonchev–Trinajstić information content (AvgIpc) is 2.50. The smallest absolute Gasteiger partial charge is 0.162 e. The molecule has 1 aliphatic rings. The van der Waals surface area contributed by atoms with Crippen LogP contribution in [-0.2, 0) is 0 Å². The van der Waals surface area contributed by atoms with E-state index in [-0.39, 0.29) is 6.04 Å². The number of fused-ring (bicyclic) bond motifs is 1. The van der Waals surface area contributed by atoms with Crippen molar-refractivity contribution in [3.05, 3.63) is 58.1 Å². The highest BCUT2D eigenvalue weighted by Gasteiger charge is 2.21. The number of ether oxygens (including phenoxy) is 2. The quantitative estimate of drug-likeness (QED) is 0.937. The van der Waals surface area contributed by atoms with Crippen LogP contribution in [0.4, 0.5) is 0 Å². The Kier molecular flexibility index (Phi) is 4.04. The SMILES string of the molecule is CNC(c1ccccc1C)c1cc2c(cc1Cl)OCCO2. The van der Waals surface area contributed by atoms with Gasteiger partial charge in [-0.3, -0.25) is 0 Å². The van der Waals surface area contributed by atoms with Gasteiger partial charge in [-0.2, -0.15) is 0 Å². The lowest BCUT2D eigenvalue weighted by Gasteiger charge is -2.24. The van der Waals surface area contributed by atoms with Crippen molar-refractivity contribution in [2.75, 3.05) is 20.3 Å². The van der Waals surface area contributed by atoms with Gasteiger partial charge >= 0.3 is 0 Å². The lowest BCUT2D eigenvalue weighted by molar-refractivity contribution is 0.171. The number of hydrogen-bond acceptors (Lipinski definition) is 3. The fourth-order valence-electron chi connectivity index (χ4n) is 2.69. The number of rotatable bonds is 3. The molecule has 1 heterocycles. The van der Waals surface area contributed by atoms with Crippen molar-refractivity contribution in [3.8, 4) is 11.5 Å². The lowest BCUT2D eigenvalue weighted by Crippen LogP contribution is -2.20. The third-order valence-electron chi connectivity index (χ3n) is 3.76. The average molecular weight is 304 g/mol. The third kappa shape index (κ3) is 2.71. The van der Waals surface area contributed by atoms with Crippen molar-refractivity contribution < 1.29 is 9.47 Å². The van der Waals surface area contributed by atoms with Crippen LogP contribution >= 0.6 is 11.6 Å². The van der Waals surface area contributed by atoms with E-state index >= 15 is 0 Å². The Morgan fingerprint density at radius 2 is 1.71 bits per heavy atom. The lowest BCUT2D eigenvalue weighted by atomic mass is 9.94. The molecule has 0 radical (unpaired) electrons. The summed E-state index contributed by atoms with van der Waals surface area (Å²) in [5.41, 5.74) is 3.43. The molecule has 21 heavy (non-hydrogen) atoms. The van der Waals surface area contributed by atoms with E-state index in [9.17, 15) is 0 Å². The van der Waals surface area contributed by atoms with E-state index in [0.29, 0.717) is 18.2 Å². The van der Waals surface area contributed by atoms with Gasteiger partial charge in [0.2, 0.25) is 0 Å². The highest BCUT2D eigenvalue weighted by molar-refractivity contribution is 6.31. The van der Waals surface area contributed by atoms with E-state index in [2.05, 4.69) is 24.4 Å². The Labute approximate surface area is 129 Å². The van der Waals surface area contributed by atoms with Gasteiger partial charge in [0, 0.05) is 11.1 Å². The molecule has 2 aromatic carbocycles. The zero-order chi connectivity index (χ0) is 14.8. The minimum Gasteiger partial charge on any atom is -0.486 e. The zero-order valence-electron chi connectivity index (χ0n) is 12.2. The molecule has 4 heteroatoms. The summed E-state index contributed by atoms with van der Waals surface area (Å²) in [6, 6.07) is 12.1. The summed E-state index contributed by atoms with van der Waals surface area (Å²) in [6.45, 7) is 3.24. The van der Waals surface area contributed by atoms with Gasteiger partial charge in [0.15, 0.2) is 11.5 Å². The number of nitrogens with one attached hydrogen (secondary N) is 1. The summed E-state index contributed by atoms with van der Waals surface area (Å²) in [7, 11) is 1.93. The summed E-state index contributed by atoms with van der Waals surface area (Å²) >= 11 is 6.46. The topological polar surface area (TPSA) is 30.5 Å². The summed E-state index contributed by atoms with van der Waals surface area (Å²) in [6.07, 6.45) is 0. The first-order valence-corrected chi connectivity index (χ1v) is 7.40. The Hall–Kier alpha value is -1.71. The van der Waals surface area contributed by atoms with Gasteiger partial charge in [-0.25, -0.2) is 0 Å². The fourth-order valence-corrected chi connectivity index (χ4v) is 2.95. The molecular formula is C17H18ClNO2. The standard InChI is InChI=1S/C17H18ClNO2/c1-11-5-3-4-6-12(11)17(19-2)13-9-15-16(10-14(13)18)21-8-7-20-15/h3-6,9-10,17,19H,7-8H2,1-2H3. The molecule has 0 bridgehead atoms. The van der Waals surface area contributed by atoms with Crippen LogP contribution in [0.25, 0.3) is 0 Å². The van der Waals surface area contributed by atoms with Crippen molar-refractivity contribution in [3.63, 3.8) is 0 Å². The molecule has 3 rings (SSSR count). The number of aryl methyl sites for hydroxylation is 1. The number of halogens is 1. The molecule has 0 saturated heterocycles. The van der Waals surface area contributed by atoms with Gasteiger partial charge < -0.3 is 14.8 Å². The fraction of sp³-hybridized carbons (Fsp3) is 0.294. The van der Waals surface area contributed by atoms with Gasteiger partial charge in [0.05, 0.1) is 6.04 Å². The van der Waals surface area contributed by atoms with Crippen LogP contribution in [-0.4, -0.2) is 20.3 Å². The minimum atomic E-state index is 0.0227. The molecule has 0 saturated carbocycles. The Bertz CT molecular complexity index is 657. The normalized spacial score (nSPS) is 14.8. The van der Waals surface area contributed by atoms with E-state index in [4.69, 9.17) is 21.1 Å². The first-order chi connectivity index (χ1) is 10.2. The highest BCUT2D eigenvalue weighted by atomic mass is 35.5. The van der Waals surface area contributed by atoms with Gasteiger partial charge in [-0.1, -0.05) is 35.9 Å². The summed E-state index contributed by atoms with van der Waals surface area (Å²) < 4.78 is 11.2. The molecule has 1 N–H and O–H groups in total. The predicted octanol–water partition coefficient (Wildman–Crippen LogP) is 3.73. The first kappa shape index (κ1) is 14.2. The molecule has 3 nitrogen and oxygen atoms in total. The van der Waals surface area contributed by atoms with Crippen molar-refractivity contribution in [1.29, 1.82) is 0 Å². The van der Waals surface area contributed by atoms with Gasteiger partial charge in [-0.15, -0.1) is 0 Å². The molecule has 1 aliphatic heterocycles. The molecule has 1 atom stereocenters. The van der Waals surface area contributed by atoms with Crippen LogP contribution in [0.3, 0.4) is 0 Å². The Morgan fingerprint density at radius 3 is 2.38 bits per heavy atom. The van der Waals surface area contributed by atoms with Crippen LogP contribution in [0.15, 0.2) is 36.4 Å². The van der Waals surface area contributed by atoms with E-state index in [0.717, 1.165) is 17.1 Å². The molecule has 2 aromatic rings. The van der Waals surface area contributed by atoms with Crippen LogP contribution in [0.1, 0.15) is 22.7 Å². The summed E-state index contributed by atoms with van der Waals surface area (Å²) in [4.78, 5) is 0. The second-order valence-corrected chi connectivity index (χ2v) is 5.50. The maximum absolute atomic E-state index is 6.46. The van der Waals surface area contributed by atoms with E-state index < -0.39 is 0 Å². The molecule has 0 amide bonds. The van der Waals surface area contributed by atoms with Crippen LogP contribution in [0.5, 0.6) is 11.5 Å². The monoisotopic (exact) mass is 303 g/mol. The molecular weight excluding hydrogens is 286 g/mol. The van der Waals surface area contributed by atoms with Crippen molar-refractivity contribution >= 4 is 11.6 Å². The zero-order valence-corrected chi connectivity index (χ0v) is 12.9. The number of hydrogen-bond donors (Lipinski definition) is 1. The Balaban J connectivity index is 2.07. The second kappa shape index (κ2) is 5.96. The van der Waals surface area contributed by atoms with Gasteiger partial charge in [-0.05, 0) is 36.7 Å². The molecule has 0 spiro atoms. The van der Waals surface area contributed by atoms with Crippen molar-refractivity contribution in [2.45, 2.75) is 13.0 Å². The van der Waals surface area contributed by atoms with E-state index in [1.165, 1.54) is 11.1 Å². The summed E-state index contributed by atoms with van der Waals surface area (Å²) in [5.74, 6) is 1.48. The van der Waals surface area contributed by atoms with Crippen LogP contribution in [0.2, 0.25) is 5.02 Å². The predicted molar refractivity (Wildman–Crippen MR) is 84.5 cm³/mol. The molecule has 0 aromatic heterocycles. The van der Waals surface area contributed by atoms with Crippen molar-refractivity contribution in [2.24, 2.45) is 0 Å². The second-order valence-electron chi connectivity index (χ2n) is 5.10. The van der Waals surface area contributed by atoms with Crippen LogP contribution in [0, 0.1) is 6.92 Å². The van der Waals surface area contributed by atoms with Crippen LogP contribution < -0.4 is 14.8 Å². The third-order valence-corrected chi connectivity index (χ3v) is 4.09. The van der Waals surface area contributed by atoms with Gasteiger partial charge in [0.1, 0.15) is 13.2 Å². The van der Waals surface area contributed by atoms with E-state index in [1.54, 1.807) is 0 Å². The summed E-state index contributed by atoms with van der Waals surface area (Å²) in [5, 5.41) is 4.02. The van der Waals surface area contributed by atoms with E-state index in [1.807, 2.05) is 31.3 Å². The van der Waals surface area contributed by atoms with Crippen molar-refractivity contribution in [1.82, 2.24) is 5.32 Å². The molecule has 110 valence electrons. The molecule has 1 unspecified atom stereocenters. The maximum atomic E-state index is 6.46. The Morgan fingerprint density at radius 1 is 1.05 bits per heavy atom. The molecule has 0 aliphatic carbocycles. The largest absolute Gasteiger partial charge is 0.486 e. The van der Waals surface area contributed by atoms with Gasteiger partial charge in [0.25, 0.3) is 0 Å². The maximum Gasteiger partial charge on any atom is 0.162 e. The highest BCUT2D eigenvalue weighted by Crippen LogP contribution is 2.39. The first-order valence-electron chi connectivity index (χ1n) is 7.02. The molecule has 0 fully saturated rings. The number of benzene rings is 2. The minimum absolute atomic E-state index is 0.0227.